The number of hydrogen-bond donors (Lipinski definition) is 1. The molecule has 0 aliphatic heterocycles. The third kappa shape index (κ3) is 3.66. The fourth-order valence-corrected chi connectivity index (χ4v) is 0.219. The van der Waals surface area contributed by atoms with Gasteiger partial charge in [-0.3, -0.25) is 0 Å². The van der Waals surface area contributed by atoms with Gasteiger partial charge in [-0.05, 0) is 6.92 Å². The van der Waals surface area contributed by atoms with Crippen LogP contribution in [-0.2, 0) is 9.53 Å². The highest BCUT2D eigenvalue weighted by molar-refractivity contribution is 5.85. The Hall–Kier alpha value is -0.900. The maximum absolute atomic E-state index is 11.7. The molecule has 0 spiro atoms. The van der Waals surface area contributed by atoms with Crippen LogP contribution >= 0.6 is 0 Å². The SMILES string of the molecule is C=C(F)C(=O)OC(C)O. The van der Waals surface area contributed by atoms with E-state index in [1.54, 1.807) is 0 Å². The normalized spacial score (nSPS) is 12.3. The minimum Gasteiger partial charge on any atom is -0.431 e. The minimum atomic E-state index is -1.29. The number of carbonyl (C=O) groups excluding carboxylic acids is 1. The van der Waals surface area contributed by atoms with Gasteiger partial charge >= 0.3 is 5.97 Å². The highest BCUT2D eigenvalue weighted by Gasteiger charge is 2.08. The van der Waals surface area contributed by atoms with Crippen LogP contribution in [0.3, 0.4) is 0 Å². The molecule has 0 saturated carbocycles. The molecule has 1 atom stereocenters. The number of carbonyl (C=O) groups is 1. The average molecular weight is 134 g/mol. The molecule has 0 radical (unpaired) electrons. The maximum atomic E-state index is 11.7. The zero-order chi connectivity index (χ0) is 7.44. The molecule has 3 nitrogen and oxygen atoms in total. The van der Waals surface area contributed by atoms with Gasteiger partial charge in [0.05, 0.1) is 0 Å². The topological polar surface area (TPSA) is 46.5 Å². The first-order valence-electron chi connectivity index (χ1n) is 2.27. The Labute approximate surface area is 51.7 Å². The lowest BCUT2D eigenvalue weighted by atomic mass is 10.6. The van der Waals surface area contributed by atoms with Crippen molar-refractivity contribution in [3.63, 3.8) is 0 Å². The zero-order valence-corrected chi connectivity index (χ0v) is 4.93. The Morgan fingerprint density at radius 3 is 2.44 bits per heavy atom. The van der Waals surface area contributed by atoms with E-state index in [9.17, 15) is 9.18 Å². The quantitative estimate of drug-likeness (QED) is 0.337. The second-order valence-electron chi connectivity index (χ2n) is 1.41. The Morgan fingerprint density at radius 2 is 2.33 bits per heavy atom. The van der Waals surface area contributed by atoms with Crippen LogP contribution in [0.5, 0.6) is 0 Å². The van der Waals surface area contributed by atoms with E-state index in [0.717, 1.165) is 0 Å². The Balaban J connectivity index is 3.65. The summed E-state index contributed by atoms with van der Waals surface area (Å²) in [6.45, 7) is 3.85. The summed E-state index contributed by atoms with van der Waals surface area (Å²) in [5.74, 6) is -2.44. The molecule has 0 aliphatic carbocycles. The molecule has 52 valence electrons. The molecule has 0 fully saturated rings. The maximum Gasteiger partial charge on any atom is 0.368 e. The Bertz CT molecular complexity index is 130. The molecule has 4 heteroatoms. The number of rotatable bonds is 2. The largest absolute Gasteiger partial charge is 0.431 e. The van der Waals surface area contributed by atoms with E-state index in [1.165, 1.54) is 6.92 Å². The van der Waals surface area contributed by atoms with Crippen molar-refractivity contribution in [3.8, 4) is 0 Å². The van der Waals surface area contributed by atoms with Gasteiger partial charge in [0.2, 0.25) is 5.83 Å². The second-order valence-corrected chi connectivity index (χ2v) is 1.41. The molecular weight excluding hydrogens is 127 g/mol. The van der Waals surface area contributed by atoms with Gasteiger partial charge in [0, 0.05) is 0 Å². The summed E-state index contributed by atoms with van der Waals surface area (Å²) >= 11 is 0. The predicted octanol–water partition coefficient (Wildman–Crippen LogP) is 0.351. The molecule has 0 aromatic rings. The Morgan fingerprint density at radius 1 is 1.89 bits per heavy atom. The lowest BCUT2D eigenvalue weighted by Crippen LogP contribution is -2.13. The summed E-state index contributed by atoms with van der Waals surface area (Å²) in [5, 5.41) is 8.32. The van der Waals surface area contributed by atoms with Crippen molar-refractivity contribution >= 4 is 5.97 Å². The highest BCUT2D eigenvalue weighted by Crippen LogP contribution is 1.96. The second kappa shape index (κ2) is 3.19. The van der Waals surface area contributed by atoms with E-state index in [4.69, 9.17) is 5.11 Å². The van der Waals surface area contributed by atoms with Gasteiger partial charge in [0.25, 0.3) is 0 Å². The number of halogens is 1. The third-order valence-corrected chi connectivity index (χ3v) is 0.499. The van der Waals surface area contributed by atoms with E-state index in [1.807, 2.05) is 0 Å². The van der Waals surface area contributed by atoms with Crippen LogP contribution in [0.4, 0.5) is 4.39 Å². The summed E-state index contributed by atoms with van der Waals surface area (Å²) in [7, 11) is 0. The molecule has 0 aliphatic rings. The van der Waals surface area contributed by atoms with Crippen molar-refractivity contribution in [2.45, 2.75) is 13.2 Å². The summed E-state index contributed by atoms with van der Waals surface area (Å²) in [6.07, 6.45) is -1.29. The molecule has 1 unspecified atom stereocenters. The number of ether oxygens (including phenoxy) is 1. The van der Waals surface area contributed by atoms with E-state index < -0.39 is 18.1 Å². The lowest BCUT2D eigenvalue weighted by molar-refractivity contribution is -0.161. The summed E-state index contributed by atoms with van der Waals surface area (Å²) in [5.41, 5.74) is 0. The van der Waals surface area contributed by atoms with Gasteiger partial charge in [0.1, 0.15) is 0 Å². The summed E-state index contributed by atoms with van der Waals surface area (Å²) in [4.78, 5) is 10.1. The third-order valence-electron chi connectivity index (χ3n) is 0.499. The standard InChI is InChI=1S/C5H7FO3/c1-3(6)5(8)9-4(2)7/h4,7H,1H2,2H3. The molecule has 0 amide bonds. The first-order chi connectivity index (χ1) is 4.04. The zero-order valence-electron chi connectivity index (χ0n) is 4.93. The first-order valence-corrected chi connectivity index (χ1v) is 2.27. The van der Waals surface area contributed by atoms with Crippen molar-refractivity contribution in [1.82, 2.24) is 0 Å². The van der Waals surface area contributed by atoms with Crippen LogP contribution < -0.4 is 0 Å². The predicted molar refractivity (Wildman–Crippen MR) is 28.0 cm³/mol. The minimum absolute atomic E-state index is 1.20. The van der Waals surface area contributed by atoms with Crippen LogP contribution in [0.2, 0.25) is 0 Å². The van der Waals surface area contributed by atoms with Crippen molar-refractivity contribution in [2.24, 2.45) is 0 Å². The van der Waals surface area contributed by atoms with Crippen molar-refractivity contribution < 1.29 is 19.0 Å². The van der Waals surface area contributed by atoms with Crippen LogP contribution in [-0.4, -0.2) is 17.4 Å². The fourth-order valence-electron chi connectivity index (χ4n) is 0.219. The molecule has 0 bridgehead atoms. The number of aliphatic hydroxyl groups excluding tert-OH is 1. The average Bonchev–Trinajstić information content (AvgIpc) is 1.63. The van der Waals surface area contributed by atoms with E-state index >= 15 is 0 Å². The van der Waals surface area contributed by atoms with Gasteiger partial charge < -0.3 is 9.84 Å². The lowest BCUT2D eigenvalue weighted by Gasteiger charge is -2.02. The van der Waals surface area contributed by atoms with Gasteiger partial charge in [-0.25, -0.2) is 4.79 Å². The van der Waals surface area contributed by atoms with E-state index in [-0.39, 0.29) is 0 Å². The first kappa shape index (κ1) is 8.10. The molecule has 0 aromatic carbocycles. The van der Waals surface area contributed by atoms with Gasteiger partial charge in [0.15, 0.2) is 6.29 Å². The van der Waals surface area contributed by atoms with Crippen LogP contribution in [0.25, 0.3) is 0 Å². The summed E-state index contributed by atoms with van der Waals surface area (Å²) < 4.78 is 15.6. The van der Waals surface area contributed by atoms with Crippen LogP contribution in [0, 0.1) is 0 Å². The monoisotopic (exact) mass is 134 g/mol. The van der Waals surface area contributed by atoms with Gasteiger partial charge in [-0.15, -0.1) is 0 Å². The highest BCUT2D eigenvalue weighted by atomic mass is 19.1. The molecule has 0 aromatic heterocycles. The van der Waals surface area contributed by atoms with Crippen LogP contribution in [0.15, 0.2) is 12.4 Å². The molecular formula is C5H7FO3. The van der Waals surface area contributed by atoms with Gasteiger partial charge in [-0.1, -0.05) is 6.58 Å². The van der Waals surface area contributed by atoms with Crippen LogP contribution in [0.1, 0.15) is 6.92 Å². The van der Waals surface area contributed by atoms with Crippen molar-refractivity contribution in [3.05, 3.63) is 12.4 Å². The number of esters is 1. The van der Waals surface area contributed by atoms with Crippen molar-refractivity contribution in [2.75, 3.05) is 0 Å². The molecule has 1 N–H and O–H groups in total. The number of hydrogen-bond acceptors (Lipinski definition) is 3. The number of aliphatic hydroxyl groups is 1. The smallest absolute Gasteiger partial charge is 0.368 e. The Kier molecular flexibility index (Phi) is 2.87. The fraction of sp³-hybridized carbons (Fsp3) is 0.400. The molecule has 9 heavy (non-hydrogen) atoms. The van der Waals surface area contributed by atoms with E-state index in [0.29, 0.717) is 0 Å². The molecule has 0 rings (SSSR count). The van der Waals surface area contributed by atoms with E-state index in [2.05, 4.69) is 11.3 Å². The summed E-state index contributed by atoms with van der Waals surface area (Å²) in [6, 6.07) is 0. The van der Waals surface area contributed by atoms with Gasteiger partial charge in [-0.2, -0.15) is 4.39 Å². The molecule has 0 saturated heterocycles. The van der Waals surface area contributed by atoms with Crippen molar-refractivity contribution in [1.29, 1.82) is 0 Å². The molecule has 0 heterocycles.